The zero-order valence-corrected chi connectivity index (χ0v) is 12.3. The number of benzene rings is 1. The first-order chi connectivity index (χ1) is 9.68. The van der Waals surface area contributed by atoms with Crippen LogP contribution in [0.3, 0.4) is 0 Å². The van der Waals surface area contributed by atoms with Gasteiger partial charge in [-0.2, -0.15) is 0 Å². The second-order valence-corrected chi connectivity index (χ2v) is 5.90. The highest BCUT2D eigenvalue weighted by atomic mass is 16.4. The van der Waals surface area contributed by atoms with Crippen LogP contribution in [0.1, 0.15) is 45.4 Å². The Morgan fingerprint density at radius 2 is 1.90 bits per heavy atom. The summed E-state index contributed by atoms with van der Waals surface area (Å²) in [5.74, 6) is -0.618. The Morgan fingerprint density at radius 3 is 2.45 bits per heavy atom. The Labute approximate surface area is 121 Å². The van der Waals surface area contributed by atoms with Gasteiger partial charge in [0, 0.05) is 18.8 Å². The molecule has 0 atom stereocenters. The SMILES string of the molecule is CCCCN(CC1(C(=O)O)CCCC1)c1ccccc1. The smallest absolute Gasteiger partial charge is 0.311 e. The van der Waals surface area contributed by atoms with Crippen molar-refractivity contribution in [2.24, 2.45) is 5.41 Å². The van der Waals surface area contributed by atoms with Gasteiger partial charge < -0.3 is 10.0 Å². The molecule has 0 bridgehead atoms. The Kier molecular flexibility index (Phi) is 5.05. The van der Waals surface area contributed by atoms with Crippen LogP contribution in [0.4, 0.5) is 5.69 Å². The van der Waals surface area contributed by atoms with E-state index in [4.69, 9.17) is 0 Å². The number of rotatable bonds is 7. The van der Waals surface area contributed by atoms with Crippen molar-refractivity contribution in [1.29, 1.82) is 0 Å². The van der Waals surface area contributed by atoms with E-state index in [0.29, 0.717) is 6.54 Å². The van der Waals surface area contributed by atoms with Crippen LogP contribution in [0.5, 0.6) is 0 Å². The summed E-state index contributed by atoms with van der Waals surface area (Å²) in [6.07, 6.45) is 5.95. The van der Waals surface area contributed by atoms with E-state index in [1.54, 1.807) is 0 Å². The highest BCUT2D eigenvalue weighted by molar-refractivity contribution is 5.76. The van der Waals surface area contributed by atoms with Gasteiger partial charge in [0.05, 0.1) is 5.41 Å². The summed E-state index contributed by atoms with van der Waals surface area (Å²) in [6, 6.07) is 10.2. The Balaban J connectivity index is 2.16. The monoisotopic (exact) mass is 275 g/mol. The molecule has 0 amide bonds. The van der Waals surface area contributed by atoms with Crippen molar-refractivity contribution in [3.63, 3.8) is 0 Å². The summed E-state index contributed by atoms with van der Waals surface area (Å²) >= 11 is 0. The lowest BCUT2D eigenvalue weighted by molar-refractivity contribution is -0.148. The molecule has 0 heterocycles. The maximum absolute atomic E-state index is 11.7. The molecule has 0 saturated heterocycles. The van der Waals surface area contributed by atoms with Crippen LogP contribution in [-0.4, -0.2) is 24.2 Å². The van der Waals surface area contributed by atoms with E-state index >= 15 is 0 Å². The lowest BCUT2D eigenvalue weighted by Crippen LogP contribution is -2.42. The minimum atomic E-state index is -0.618. The van der Waals surface area contributed by atoms with Crippen LogP contribution in [0.15, 0.2) is 30.3 Å². The molecule has 0 unspecified atom stereocenters. The Bertz CT molecular complexity index is 424. The summed E-state index contributed by atoms with van der Waals surface area (Å²) < 4.78 is 0. The average Bonchev–Trinajstić information content (AvgIpc) is 2.94. The van der Waals surface area contributed by atoms with Crippen LogP contribution >= 0.6 is 0 Å². The number of anilines is 1. The molecular formula is C17H25NO2. The van der Waals surface area contributed by atoms with E-state index in [9.17, 15) is 9.90 Å². The Morgan fingerprint density at radius 1 is 1.25 bits per heavy atom. The van der Waals surface area contributed by atoms with E-state index in [1.165, 1.54) is 0 Å². The molecule has 1 N–H and O–H groups in total. The zero-order chi connectivity index (χ0) is 14.4. The summed E-state index contributed by atoms with van der Waals surface area (Å²) in [5.41, 5.74) is 0.609. The van der Waals surface area contributed by atoms with Crippen LogP contribution < -0.4 is 4.90 Å². The van der Waals surface area contributed by atoms with Crippen molar-refractivity contribution in [2.45, 2.75) is 45.4 Å². The fraction of sp³-hybridized carbons (Fsp3) is 0.588. The maximum Gasteiger partial charge on any atom is 0.311 e. The molecule has 0 aromatic heterocycles. The molecule has 110 valence electrons. The molecule has 20 heavy (non-hydrogen) atoms. The Hall–Kier alpha value is -1.51. The van der Waals surface area contributed by atoms with E-state index in [2.05, 4.69) is 24.0 Å². The number of unbranched alkanes of at least 4 members (excludes halogenated alkanes) is 1. The standard InChI is InChI=1S/C17H25NO2/c1-2-3-13-18(15-9-5-4-6-10-15)14-17(16(19)20)11-7-8-12-17/h4-6,9-10H,2-3,7-8,11-14H2,1H3,(H,19,20). The number of hydrogen-bond acceptors (Lipinski definition) is 2. The second-order valence-electron chi connectivity index (χ2n) is 5.90. The first kappa shape index (κ1) is 14.9. The van der Waals surface area contributed by atoms with E-state index in [0.717, 1.165) is 50.8 Å². The number of aliphatic carboxylic acids is 1. The van der Waals surface area contributed by atoms with Gasteiger partial charge in [0.1, 0.15) is 0 Å². The molecule has 1 aromatic carbocycles. The molecule has 1 aromatic rings. The highest BCUT2D eigenvalue weighted by Gasteiger charge is 2.42. The van der Waals surface area contributed by atoms with Gasteiger partial charge in [0.25, 0.3) is 0 Å². The predicted molar refractivity (Wildman–Crippen MR) is 82.1 cm³/mol. The number of carboxylic acids is 1. The molecule has 1 aliphatic rings. The van der Waals surface area contributed by atoms with Crippen LogP contribution in [-0.2, 0) is 4.79 Å². The van der Waals surface area contributed by atoms with Gasteiger partial charge in [0.15, 0.2) is 0 Å². The third kappa shape index (κ3) is 3.33. The van der Waals surface area contributed by atoms with Gasteiger partial charge in [-0.25, -0.2) is 0 Å². The fourth-order valence-electron chi connectivity index (χ4n) is 3.14. The van der Waals surface area contributed by atoms with Gasteiger partial charge in [-0.15, -0.1) is 0 Å². The number of carbonyl (C=O) groups is 1. The molecule has 3 nitrogen and oxygen atoms in total. The van der Waals surface area contributed by atoms with Crippen molar-refractivity contribution in [3.05, 3.63) is 30.3 Å². The van der Waals surface area contributed by atoms with Gasteiger partial charge in [-0.1, -0.05) is 44.4 Å². The van der Waals surface area contributed by atoms with E-state index in [-0.39, 0.29) is 0 Å². The third-order valence-corrected chi connectivity index (χ3v) is 4.41. The minimum Gasteiger partial charge on any atom is -0.481 e. The first-order valence-corrected chi connectivity index (χ1v) is 7.71. The van der Waals surface area contributed by atoms with Gasteiger partial charge in [-0.05, 0) is 31.4 Å². The van der Waals surface area contributed by atoms with Crippen LogP contribution in [0.25, 0.3) is 0 Å². The molecule has 0 spiro atoms. The lowest BCUT2D eigenvalue weighted by Gasteiger charge is -2.33. The minimum absolute atomic E-state index is 0.538. The molecule has 0 radical (unpaired) electrons. The third-order valence-electron chi connectivity index (χ3n) is 4.41. The first-order valence-electron chi connectivity index (χ1n) is 7.71. The number of para-hydroxylation sites is 1. The van der Waals surface area contributed by atoms with Gasteiger partial charge in [0.2, 0.25) is 0 Å². The van der Waals surface area contributed by atoms with Gasteiger partial charge >= 0.3 is 5.97 Å². The molecule has 3 heteroatoms. The normalized spacial score (nSPS) is 17.1. The van der Waals surface area contributed by atoms with Crippen LogP contribution in [0.2, 0.25) is 0 Å². The quantitative estimate of drug-likeness (QED) is 0.819. The second kappa shape index (κ2) is 6.78. The highest BCUT2D eigenvalue weighted by Crippen LogP contribution is 2.40. The lowest BCUT2D eigenvalue weighted by atomic mass is 9.85. The maximum atomic E-state index is 11.7. The predicted octanol–water partition coefficient (Wildman–Crippen LogP) is 3.94. The van der Waals surface area contributed by atoms with Crippen molar-refractivity contribution in [2.75, 3.05) is 18.0 Å². The zero-order valence-electron chi connectivity index (χ0n) is 12.3. The summed E-state index contributed by atoms with van der Waals surface area (Å²) in [6.45, 7) is 3.76. The molecule has 1 aliphatic carbocycles. The molecule has 1 saturated carbocycles. The summed E-state index contributed by atoms with van der Waals surface area (Å²) in [4.78, 5) is 14.0. The molecule has 1 fully saturated rings. The van der Waals surface area contributed by atoms with Gasteiger partial charge in [-0.3, -0.25) is 4.79 Å². The molecular weight excluding hydrogens is 250 g/mol. The molecule has 2 rings (SSSR count). The number of nitrogens with zero attached hydrogens (tertiary/aromatic N) is 1. The van der Waals surface area contributed by atoms with Crippen molar-refractivity contribution < 1.29 is 9.90 Å². The van der Waals surface area contributed by atoms with Crippen molar-refractivity contribution in [3.8, 4) is 0 Å². The van der Waals surface area contributed by atoms with Crippen molar-refractivity contribution >= 4 is 11.7 Å². The molecule has 0 aliphatic heterocycles. The van der Waals surface area contributed by atoms with E-state index < -0.39 is 11.4 Å². The average molecular weight is 275 g/mol. The number of carboxylic acid groups (broad SMARTS) is 1. The fourth-order valence-corrected chi connectivity index (χ4v) is 3.14. The summed E-state index contributed by atoms with van der Waals surface area (Å²) in [7, 11) is 0. The van der Waals surface area contributed by atoms with E-state index in [1.807, 2.05) is 18.2 Å². The van der Waals surface area contributed by atoms with Crippen LogP contribution in [0, 0.1) is 5.41 Å². The van der Waals surface area contributed by atoms with Crippen molar-refractivity contribution in [1.82, 2.24) is 0 Å². The summed E-state index contributed by atoms with van der Waals surface area (Å²) in [5, 5.41) is 9.66. The largest absolute Gasteiger partial charge is 0.481 e. The number of hydrogen-bond donors (Lipinski definition) is 1. The topological polar surface area (TPSA) is 40.5 Å².